The number of benzene rings is 3. The molecule has 0 spiro atoms. The fourth-order valence-corrected chi connectivity index (χ4v) is 6.72. The quantitative estimate of drug-likeness (QED) is 0.368. The van der Waals surface area contributed by atoms with Gasteiger partial charge in [0.2, 0.25) is 6.79 Å². The van der Waals surface area contributed by atoms with E-state index in [1.165, 1.54) is 36.0 Å². The summed E-state index contributed by atoms with van der Waals surface area (Å²) in [4.78, 5) is 18.7. The summed E-state index contributed by atoms with van der Waals surface area (Å²) in [5, 5.41) is 0. The number of carbonyl (C=O) groups excluding carboxylic acids is 1. The summed E-state index contributed by atoms with van der Waals surface area (Å²) in [7, 11) is 0. The highest BCUT2D eigenvalue weighted by atomic mass is 16.7. The van der Waals surface area contributed by atoms with Crippen molar-refractivity contribution in [3.8, 4) is 11.5 Å². The van der Waals surface area contributed by atoms with E-state index in [1.54, 1.807) is 0 Å². The highest BCUT2D eigenvalue weighted by Crippen LogP contribution is 2.38. The van der Waals surface area contributed by atoms with Crippen LogP contribution in [0.2, 0.25) is 0 Å². The molecule has 198 valence electrons. The van der Waals surface area contributed by atoms with Crippen LogP contribution in [-0.4, -0.2) is 48.2 Å². The third-order valence-electron chi connectivity index (χ3n) is 8.68. The molecule has 1 saturated heterocycles. The third-order valence-corrected chi connectivity index (χ3v) is 8.68. The van der Waals surface area contributed by atoms with Crippen LogP contribution in [0.1, 0.15) is 65.1 Å². The Morgan fingerprint density at radius 2 is 1.66 bits per heavy atom. The minimum absolute atomic E-state index is 0.190. The number of carbonyl (C=O) groups is 1. The van der Waals surface area contributed by atoms with E-state index in [9.17, 15) is 4.79 Å². The lowest BCUT2D eigenvalue weighted by atomic mass is 9.85. The molecule has 3 aromatic carbocycles. The van der Waals surface area contributed by atoms with E-state index in [1.807, 2.05) is 36.4 Å². The van der Waals surface area contributed by atoms with Gasteiger partial charge in [0.25, 0.3) is 5.91 Å². The van der Waals surface area contributed by atoms with Gasteiger partial charge in [-0.2, -0.15) is 0 Å². The van der Waals surface area contributed by atoms with E-state index in [4.69, 9.17) is 9.47 Å². The van der Waals surface area contributed by atoms with Crippen molar-refractivity contribution in [3.63, 3.8) is 0 Å². The van der Waals surface area contributed by atoms with Gasteiger partial charge in [-0.1, -0.05) is 67.8 Å². The van der Waals surface area contributed by atoms with Gasteiger partial charge >= 0.3 is 0 Å². The average molecular weight is 511 g/mol. The number of hydrogen-bond donors (Lipinski definition) is 0. The van der Waals surface area contributed by atoms with Crippen molar-refractivity contribution in [2.24, 2.45) is 5.92 Å². The van der Waals surface area contributed by atoms with Crippen molar-refractivity contribution in [2.75, 3.05) is 26.4 Å². The Morgan fingerprint density at radius 3 is 2.47 bits per heavy atom. The van der Waals surface area contributed by atoms with E-state index in [-0.39, 0.29) is 5.91 Å². The largest absolute Gasteiger partial charge is 0.454 e. The zero-order valence-electron chi connectivity index (χ0n) is 22.4. The number of amides is 1. The summed E-state index contributed by atoms with van der Waals surface area (Å²) in [5.74, 6) is 2.62. The zero-order valence-corrected chi connectivity index (χ0v) is 22.4. The molecule has 6 rings (SSSR count). The summed E-state index contributed by atoms with van der Waals surface area (Å²) in [6, 6.07) is 25.3. The Bertz CT molecular complexity index is 1250. The van der Waals surface area contributed by atoms with Crippen molar-refractivity contribution < 1.29 is 14.3 Å². The normalized spacial score (nSPS) is 21.5. The van der Waals surface area contributed by atoms with Crippen LogP contribution in [0.5, 0.6) is 11.5 Å². The van der Waals surface area contributed by atoms with Crippen LogP contribution in [0.25, 0.3) is 0 Å². The van der Waals surface area contributed by atoms with Crippen LogP contribution < -0.4 is 9.47 Å². The number of ether oxygens (including phenoxy) is 2. The van der Waals surface area contributed by atoms with Gasteiger partial charge in [-0.3, -0.25) is 9.69 Å². The minimum Gasteiger partial charge on any atom is -0.454 e. The van der Waals surface area contributed by atoms with Crippen LogP contribution >= 0.6 is 0 Å². The fourth-order valence-electron chi connectivity index (χ4n) is 6.72. The molecule has 2 heterocycles. The maximum atomic E-state index is 13.9. The van der Waals surface area contributed by atoms with E-state index in [0.29, 0.717) is 24.7 Å². The maximum absolute atomic E-state index is 13.9. The molecule has 5 nitrogen and oxygen atoms in total. The summed E-state index contributed by atoms with van der Waals surface area (Å²) in [6.45, 7) is 6.15. The summed E-state index contributed by atoms with van der Waals surface area (Å²) in [5.41, 5.74) is 4.80. The number of likely N-dealkylation sites (tertiary alicyclic amines) is 1. The van der Waals surface area contributed by atoms with Crippen LogP contribution in [0.4, 0.5) is 0 Å². The molecule has 2 aliphatic heterocycles. The lowest BCUT2D eigenvalue weighted by Gasteiger charge is -2.37. The molecule has 3 aromatic rings. The Hall–Kier alpha value is -3.31. The molecule has 2 atom stereocenters. The summed E-state index contributed by atoms with van der Waals surface area (Å²) >= 11 is 0. The molecule has 0 aromatic heterocycles. The number of nitrogens with zero attached hydrogens (tertiary/aromatic N) is 2. The van der Waals surface area contributed by atoms with E-state index in [0.717, 1.165) is 56.1 Å². The summed E-state index contributed by atoms with van der Waals surface area (Å²) < 4.78 is 11.1. The van der Waals surface area contributed by atoms with Crippen molar-refractivity contribution >= 4 is 5.91 Å². The predicted octanol–water partition coefficient (Wildman–Crippen LogP) is 6.41. The van der Waals surface area contributed by atoms with Gasteiger partial charge in [-0.15, -0.1) is 0 Å². The Labute approximate surface area is 226 Å². The average Bonchev–Trinajstić information content (AvgIpc) is 3.59. The second-order valence-corrected chi connectivity index (χ2v) is 11.2. The molecular weight excluding hydrogens is 472 g/mol. The van der Waals surface area contributed by atoms with Gasteiger partial charge in [-0.05, 0) is 66.6 Å². The first-order valence-electron chi connectivity index (χ1n) is 14.2. The molecular formula is C33H38N2O3. The standard InChI is InChI=1S/C33H38N2O3/c1-24-10-8-9-15-29(24)30-22-34(19-25-16-17-31-32(18-25)38-23-37-31)20-27(30)21-35(28-13-6-3-7-14-28)33(36)26-11-4-2-5-12-26/h2,4-5,8-12,15-18,27-28,30H,3,6-7,13-14,19-23H2,1H3. The van der Waals surface area contributed by atoms with Gasteiger partial charge in [0.15, 0.2) is 11.5 Å². The molecule has 0 radical (unpaired) electrons. The van der Waals surface area contributed by atoms with Crippen LogP contribution in [0.3, 0.4) is 0 Å². The molecule has 0 N–H and O–H groups in total. The highest BCUT2D eigenvalue weighted by molar-refractivity contribution is 5.94. The molecule has 1 saturated carbocycles. The van der Waals surface area contributed by atoms with Crippen LogP contribution in [0, 0.1) is 12.8 Å². The first-order valence-corrected chi connectivity index (χ1v) is 14.2. The van der Waals surface area contributed by atoms with Gasteiger partial charge in [0.05, 0.1) is 0 Å². The smallest absolute Gasteiger partial charge is 0.254 e. The second kappa shape index (κ2) is 11.2. The SMILES string of the molecule is Cc1ccccc1C1CN(Cc2ccc3c(c2)OCO3)CC1CN(C(=O)c1ccccc1)C1CCCCC1. The van der Waals surface area contributed by atoms with Crippen LogP contribution in [-0.2, 0) is 6.54 Å². The molecule has 2 unspecified atom stereocenters. The second-order valence-electron chi connectivity index (χ2n) is 11.2. The maximum Gasteiger partial charge on any atom is 0.254 e. The molecule has 1 aliphatic carbocycles. The zero-order chi connectivity index (χ0) is 25.9. The third kappa shape index (κ3) is 5.30. The molecule has 5 heteroatoms. The van der Waals surface area contributed by atoms with Gasteiger partial charge in [0, 0.05) is 43.7 Å². The van der Waals surface area contributed by atoms with Crippen LogP contribution in [0.15, 0.2) is 72.8 Å². The molecule has 38 heavy (non-hydrogen) atoms. The molecule has 2 fully saturated rings. The fraction of sp³-hybridized carbons (Fsp3) is 0.424. The number of hydrogen-bond acceptors (Lipinski definition) is 4. The number of fused-ring (bicyclic) bond motifs is 1. The van der Waals surface area contributed by atoms with Crippen molar-refractivity contribution in [1.82, 2.24) is 9.80 Å². The van der Waals surface area contributed by atoms with E-state index >= 15 is 0 Å². The molecule has 1 amide bonds. The van der Waals surface area contributed by atoms with Crippen molar-refractivity contribution in [2.45, 2.75) is 57.5 Å². The molecule has 0 bridgehead atoms. The lowest BCUT2D eigenvalue weighted by molar-refractivity contribution is 0.0588. The topological polar surface area (TPSA) is 42.0 Å². The first-order chi connectivity index (χ1) is 18.7. The lowest BCUT2D eigenvalue weighted by Crippen LogP contribution is -2.45. The highest BCUT2D eigenvalue weighted by Gasteiger charge is 2.38. The number of rotatable bonds is 7. The monoisotopic (exact) mass is 510 g/mol. The van der Waals surface area contributed by atoms with E-state index < -0.39 is 0 Å². The molecule has 3 aliphatic rings. The number of aryl methyl sites for hydroxylation is 1. The van der Waals surface area contributed by atoms with Crippen molar-refractivity contribution in [1.29, 1.82) is 0 Å². The van der Waals surface area contributed by atoms with Crippen molar-refractivity contribution in [3.05, 3.63) is 95.1 Å². The first kappa shape index (κ1) is 25.0. The summed E-state index contributed by atoms with van der Waals surface area (Å²) in [6.07, 6.45) is 5.93. The Morgan fingerprint density at radius 1 is 0.895 bits per heavy atom. The Balaban J connectivity index is 1.27. The van der Waals surface area contributed by atoms with Gasteiger partial charge in [0.1, 0.15) is 0 Å². The Kier molecular flexibility index (Phi) is 7.37. The van der Waals surface area contributed by atoms with Gasteiger partial charge < -0.3 is 14.4 Å². The van der Waals surface area contributed by atoms with Gasteiger partial charge in [-0.25, -0.2) is 0 Å². The minimum atomic E-state index is 0.190. The predicted molar refractivity (Wildman–Crippen MR) is 150 cm³/mol. The van der Waals surface area contributed by atoms with E-state index in [2.05, 4.69) is 53.1 Å².